The number of amides is 2. The van der Waals surface area contributed by atoms with Gasteiger partial charge in [0.1, 0.15) is 0 Å². The number of aryl methyl sites for hydroxylation is 2. The Bertz CT molecular complexity index is 771. The van der Waals surface area contributed by atoms with E-state index in [1.54, 1.807) is 0 Å². The van der Waals surface area contributed by atoms with Crippen LogP contribution < -0.4 is 10.6 Å². The highest BCUT2D eigenvalue weighted by Crippen LogP contribution is 2.23. The summed E-state index contributed by atoms with van der Waals surface area (Å²) < 4.78 is 0.730. The molecule has 0 aliphatic heterocycles. The van der Waals surface area contributed by atoms with E-state index < -0.39 is 0 Å². The Morgan fingerprint density at radius 2 is 1.85 bits per heavy atom. The Morgan fingerprint density at radius 1 is 1.19 bits per heavy atom. The van der Waals surface area contributed by atoms with Gasteiger partial charge in [0, 0.05) is 17.1 Å². The van der Waals surface area contributed by atoms with Crippen molar-refractivity contribution in [3.8, 4) is 0 Å². The molecule has 5 nitrogen and oxygen atoms in total. The molecule has 0 aliphatic rings. The van der Waals surface area contributed by atoms with E-state index in [0.29, 0.717) is 6.54 Å². The molecule has 0 bridgehead atoms. The SMILES string of the molecule is Cc1cccc(C)c1NC(=O)CNC(=O)[C@H](C)N(C)Cc1ccc(Cl)s1. The lowest BCUT2D eigenvalue weighted by Gasteiger charge is -2.23. The van der Waals surface area contributed by atoms with Crippen molar-refractivity contribution in [2.75, 3.05) is 18.9 Å². The predicted molar refractivity (Wildman–Crippen MR) is 108 cm³/mol. The standard InChI is InChI=1S/C19H24ClN3O2S/c1-12-6-5-7-13(2)18(12)22-17(24)10-21-19(25)14(3)23(4)11-15-8-9-16(20)26-15/h5-9,14H,10-11H2,1-4H3,(H,21,25)(H,22,24)/t14-/m0/s1. The number of carbonyl (C=O) groups is 2. The monoisotopic (exact) mass is 393 g/mol. The Hall–Kier alpha value is -1.89. The first-order chi connectivity index (χ1) is 12.3. The van der Waals surface area contributed by atoms with Crippen molar-refractivity contribution in [3.05, 3.63) is 50.7 Å². The highest BCUT2D eigenvalue weighted by molar-refractivity contribution is 7.16. The average molecular weight is 394 g/mol. The first-order valence-electron chi connectivity index (χ1n) is 8.36. The van der Waals surface area contributed by atoms with Gasteiger partial charge in [0.05, 0.1) is 16.9 Å². The lowest BCUT2D eigenvalue weighted by atomic mass is 10.1. The van der Waals surface area contributed by atoms with Crippen LogP contribution in [0.5, 0.6) is 0 Å². The number of halogens is 1. The molecular weight excluding hydrogens is 370 g/mol. The molecule has 0 radical (unpaired) electrons. The number of anilines is 1. The van der Waals surface area contributed by atoms with E-state index in [0.717, 1.165) is 26.0 Å². The molecule has 1 aromatic heterocycles. The van der Waals surface area contributed by atoms with E-state index in [1.807, 2.05) is 63.1 Å². The highest BCUT2D eigenvalue weighted by atomic mass is 35.5. The van der Waals surface area contributed by atoms with E-state index in [4.69, 9.17) is 11.6 Å². The molecule has 140 valence electrons. The van der Waals surface area contributed by atoms with Crippen LogP contribution >= 0.6 is 22.9 Å². The van der Waals surface area contributed by atoms with Crippen LogP contribution in [0.4, 0.5) is 5.69 Å². The van der Waals surface area contributed by atoms with E-state index in [-0.39, 0.29) is 24.4 Å². The summed E-state index contributed by atoms with van der Waals surface area (Å²) in [5.41, 5.74) is 2.78. The second kappa shape index (κ2) is 9.16. The zero-order chi connectivity index (χ0) is 19.3. The number of likely N-dealkylation sites (N-methyl/N-ethyl adjacent to an activating group) is 1. The minimum Gasteiger partial charge on any atom is -0.346 e. The maximum absolute atomic E-state index is 12.3. The molecule has 2 rings (SSSR count). The minimum absolute atomic E-state index is 0.0599. The van der Waals surface area contributed by atoms with Gasteiger partial charge in [-0.2, -0.15) is 0 Å². The van der Waals surface area contributed by atoms with Gasteiger partial charge in [0.25, 0.3) is 0 Å². The number of hydrogen-bond acceptors (Lipinski definition) is 4. The van der Waals surface area contributed by atoms with Gasteiger partial charge < -0.3 is 10.6 Å². The van der Waals surface area contributed by atoms with Gasteiger partial charge >= 0.3 is 0 Å². The highest BCUT2D eigenvalue weighted by Gasteiger charge is 2.19. The van der Waals surface area contributed by atoms with E-state index in [9.17, 15) is 9.59 Å². The molecule has 0 fully saturated rings. The van der Waals surface area contributed by atoms with Crippen LogP contribution in [0, 0.1) is 13.8 Å². The third kappa shape index (κ3) is 5.56. The molecule has 2 amide bonds. The van der Waals surface area contributed by atoms with Crippen LogP contribution in [0.25, 0.3) is 0 Å². The van der Waals surface area contributed by atoms with Crippen molar-refractivity contribution < 1.29 is 9.59 Å². The van der Waals surface area contributed by atoms with Crippen LogP contribution in [-0.4, -0.2) is 36.3 Å². The Labute approximate surface area is 163 Å². The molecule has 0 spiro atoms. The van der Waals surface area contributed by atoms with Gasteiger partial charge in [-0.05, 0) is 51.1 Å². The van der Waals surface area contributed by atoms with Crippen LogP contribution in [0.3, 0.4) is 0 Å². The molecule has 0 saturated heterocycles. The maximum atomic E-state index is 12.3. The molecule has 2 aromatic rings. The van der Waals surface area contributed by atoms with Crippen molar-refractivity contribution in [1.29, 1.82) is 0 Å². The smallest absolute Gasteiger partial charge is 0.243 e. The molecule has 7 heteroatoms. The molecular formula is C19H24ClN3O2S. The normalized spacial score (nSPS) is 12.1. The second-order valence-electron chi connectivity index (χ2n) is 6.33. The quantitative estimate of drug-likeness (QED) is 0.755. The summed E-state index contributed by atoms with van der Waals surface area (Å²) in [5.74, 6) is -0.428. The minimum atomic E-state index is -0.358. The van der Waals surface area contributed by atoms with Crippen LogP contribution in [0.1, 0.15) is 22.9 Å². The van der Waals surface area contributed by atoms with Gasteiger partial charge in [-0.3, -0.25) is 14.5 Å². The lowest BCUT2D eigenvalue weighted by molar-refractivity contribution is -0.127. The van der Waals surface area contributed by atoms with Gasteiger partial charge in [-0.25, -0.2) is 0 Å². The fourth-order valence-corrected chi connectivity index (χ4v) is 3.68. The van der Waals surface area contributed by atoms with Gasteiger partial charge in [-0.15, -0.1) is 11.3 Å². The van der Waals surface area contributed by atoms with Crippen molar-refractivity contribution in [3.63, 3.8) is 0 Å². The Morgan fingerprint density at radius 3 is 2.42 bits per heavy atom. The van der Waals surface area contributed by atoms with Crippen molar-refractivity contribution >= 4 is 40.4 Å². The first-order valence-corrected chi connectivity index (χ1v) is 9.55. The number of nitrogens with one attached hydrogen (secondary N) is 2. The molecule has 1 heterocycles. The summed E-state index contributed by atoms with van der Waals surface area (Å²) in [5, 5.41) is 5.56. The van der Waals surface area contributed by atoms with E-state index in [1.165, 1.54) is 11.3 Å². The maximum Gasteiger partial charge on any atom is 0.243 e. The van der Waals surface area contributed by atoms with Crippen LogP contribution in [0.15, 0.2) is 30.3 Å². The van der Waals surface area contributed by atoms with Gasteiger partial charge in [0.2, 0.25) is 11.8 Å². The largest absolute Gasteiger partial charge is 0.346 e. The molecule has 0 aliphatic carbocycles. The average Bonchev–Trinajstić information content (AvgIpc) is 3.00. The Kier molecular flexibility index (Phi) is 7.20. The number of nitrogens with zero attached hydrogens (tertiary/aromatic N) is 1. The Balaban J connectivity index is 1.84. The van der Waals surface area contributed by atoms with E-state index >= 15 is 0 Å². The summed E-state index contributed by atoms with van der Waals surface area (Å²) in [7, 11) is 1.87. The van der Waals surface area contributed by atoms with Crippen LogP contribution in [0.2, 0.25) is 4.34 Å². The van der Waals surface area contributed by atoms with Crippen molar-refractivity contribution in [1.82, 2.24) is 10.2 Å². The number of para-hydroxylation sites is 1. The summed E-state index contributed by atoms with van der Waals surface area (Å²) >= 11 is 7.43. The molecule has 0 unspecified atom stereocenters. The summed E-state index contributed by atoms with van der Waals surface area (Å²) in [6, 6.07) is 9.26. The second-order valence-corrected chi connectivity index (χ2v) is 8.13. The first kappa shape index (κ1) is 20.4. The molecule has 0 saturated carbocycles. The fraction of sp³-hybridized carbons (Fsp3) is 0.368. The zero-order valence-corrected chi connectivity index (χ0v) is 17.0. The third-order valence-corrected chi connectivity index (χ3v) is 5.46. The van der Waals surface area contributed by atoms with Crippen molar-refractivity contribution in [2.45, 2.75) is 33.4 Å². The number of carbonyl (C=O) groups excluding carboxylic acids is 2. The topological polar surface area (TPSA) is 61.4 Å². The summed E-state index contributed by atoms with van der Waals surface area (Å²) in [6.45, 7) is 6.26. The fourth-order valence-electron chi connectivity index (χ4n) is 2.53. The van der Waals surface area contributed by atoms with Crippen molar-refractivity contribution in [2.24, 2.45) is 0 Å². The lowest BCUT2D eigenvalue weighted by Crippen LogP contribution is -2.45. The molecule has 1 aromatic carbocycles. The number of benzene rings is 1. The molecule has 26 heavy (non-hydrogen) atoms. The van der Waals surface area contributed by atoms with E-state index in [2.05, 4.69) is 10.6 Å². The number of thiophene rings is 1. The van der Waals surface area contributed by atoms with Gasteiger partial charge in [-0.1, -0.05) is 29.8 Å². The van der Waals surface area contributed by atoms with Gasteiger partial charge in [0.15, 0.2) is 0 Å². The summed E-state index contributed by atoms with van der Waals surface area (Å²) in [6.07, 6.45) is 0. The predicted octanol–water partition coefficient (Wildman–Crippen LogP) is 3.59. The number of rotatable bonds is 7. The number of hydrogen-bond donors (Lipinski definition) is 2. The third-order valence-electron chi connectivity index (χ3n) is 4.24. The molecule has 1 atom stereocenters. The molecule has 2 N–H and O–H groups in total. The zero-order valence-electron chi connectivity index (χ0n) is 15.4. The van der Waals surface area contributed by atoms with Crippen LogP contribution in [-0.2, 0) is 16.1 Å². The summed E-state index contributed by atoms with van der Waals surface area (Å²) in [4.78, 5) is 27.5.